The maximum Gasteiger partial charge on any atom is 0.311 e. The van der Waals surface area contributed by atoms with Crippen molar-refractivity contribution in [2.75, 3.05) is 5.32 Å². The van der Waals surface area contributed by atoms with Gasteiger partial charge in [0.25, 0.3) is 0 Å². The number of hydrogen-bond acceptors (Lipinski definition) is 6. The van der Waals surface area contributed by atoms with E-state index in [1.54, 1.807) is 11.3 Å². The summed E-state index contributed by atoms with van der Waals surface area (Å²) in [6, 6.07) is -0.0707. The van der Waals surface area contributed by atoms with Gasteiger partial charge in [-0.2, -0.15) is 0 Å². The SMILES string of the molecule is Cc1nc(C)c(C(C)Nc2c(Br)cncc2[N+](=O)[O-])s1. The number of hydrogen-bond donors (Lipinski definition) is 1. The van der Waals surface area contributed by atoms with Gasteiger partial charge in [-0.3, -0.25) is 15.1 Å². The van der Waals surface area contributed by atoms with Gasteiger partial charge in [-0.15, -0.1) is 11.3 Å². The van der Waals surface area contributed by atoms with Gasteiger partial charge in [0.1, 0.15) is 11.9 Å². The summed E-state index contributed by atoms with van der Waals surface area (Å²) < 4.78 is 0.567. The summed E-state index contributed by atoms with van der Waals surface area (Å²) in [4.78, 5) is 19.9. The second-order valence-electron chi connectivity index (χ2n) is 4.32. The third kappa shape index (κ3) is 2.96. The number of aromatic nitrogens is 2. The molecule has 0 bridgehead atoms. The fraction of sp³-hybridized carbons (Fsp3) is 0.333. The highest BCUT2D eigenvalue weighted by Gasteiger charge is 2.21. The number of anilines is 1. The molecule has 0 spiro atoms. The lowest BCUT2D eigenvalue weighted by Gasteiger charge is -2.15. The fourth-order valence-electron chi connectivity index (χ4n) is 1.94. The van der Waals surface area contributed by atoms with Crippen LogP contribution in [0.1, 0.15) is 28.5 Å². The number of nitrogens with zero attached hydrogens (tertiary/aromatic N) is 3. The third-order valence-corrected chi connectivity index (χ3v) is 4.63. The van der Waals surface area contributed by atoms with E-state index in [0.717, 1.165) is 15.6 Å². The van der Waals surface area contributed by atoms with E-state index in [1.807, 2.05) is 20.8 Å². The van der Waals surface area contributed by atoms with E-state index in [2.05, 4.69) is 31.2 Å². The summed E-state index contributed by atoms with van der Waals surface area (Å²) in [5.74, 6) is 0. The Labute approximate surface area is 128 Å². The van der Waals surface area contributed by atoms with Gasteiger partial charge >= 0.3 is 5.69 Å². The molecule has 0 saturated heterocycles. The van der Waals surface area contributed by atoms with Crippen molar-refractivity contribution in [1.82, 2.24) is 9.97 Å². The molecular weight excluding hydrogens is 344 g/mol. The van der Waals surface area contributed by atoms with E-state index in [-0.39, 0.29) is 11.7 Å². The predicted octanol–water partition coefficient (Wildman–Crippen LogP) is 4.00. The first-order valence-corrected chi connectivity index (χ1v) is 7.49. The van der Waals surface area contributed by atoms with Crippen LogP contribution < -0.4 is 5.32 Å². The number of nitrogens with one attached hydrogen (secondary N) is 1. The van der Waals surface area contributed by atoms with Crippen LogP contribution in [0.5, 0.6) is 0 Å². The molecule has 8 heteroatoms. The number of halogens is 1. The molecule has 2 rings (SSSR count). The molecule has 0 radical (unpaired) electrons. The highest BCUT2D eigenvalue weighted by molar-refractivity contribution is 9.10. The van der Waals surface area contributed by atoms with E-state index in [1.165, 1.54) is 12.4 Å². The zero-order valence-corrected chi connectivity index (χ0v) is 13.6. The molecular formula is C12H13BrN4O2S. The second-order valence-corrected chi connectivity index (χ2v) is 6.41. The van der Waals surface area contributed by atoms with Crippen LogP contribution in [0.25, 0.3) is 0 Å². The van der Waals surface area contributed by atoms with Gasteiger partial charge in [-0.25, -0.2) is 4.98 Å². The Kier molecular flexibility index (Phi) is 4.34. The lowest BCUT2D eigenvalue weighted by atomic mass is 10.2. The zero-order valence-electron chi connectivity index (χ0n) is 11.2. The lowest BCUT2D eigenvalue weighted by molar-refractivity contribution is -0.384. The van der Waals surface area contributed by atoms with E-state index in [0.29, 0.717) is 10.2 Å². The molecule has 0 aliphatic rings. The molecule has 1 unspecified atom stereocenters. The first kappa shape index (κ1) is 14.9. The molecule has 0 aliphatic heterocycles. The Morgan fingerprint density at radius 2 is 2.15 bits per heavy atom. The monoisotopic (exact) mass is 356 g/mol. The van der Waals surface area contributed by atoms with Crippen molar-refractivity contribution in [3.8, 4) is 0 Å². The Balaban J connectivity index is 2.35. The van der Waals surface area contributed by atoms with Crippen molar-refractivity contribution in [1.29, 1.82) is 0 Å². The molecule has 20 heavy (non-hydrogen) atoms. The van der Waals surface area contributed by atoms with E-state index in [9.17, 15) is 10.1 Å². The first-order chi connectivity index (χ1) is 9.40. The molecule has 6 nitrogen and oxygen atoms in total. The Morgan fingerprint density at radius 3 is 2.70 bits per heavy atom. The highest BCUT2D eigenvalue weighted by Crippen LogP contribution is 2.35. The molecule has 2 heterocycles. The summed E-state index contributed by atoms with van der Waals surface area (Å²) >= 11 is 4.89. The summed E-state index contributed by atoms with van der Waals surface area (Å²) in [5, 5.41) is 15.2. The van der Waals surface area contributed by atoms with Gasteiger partial charge in [0, 0.05) is 11.1 Å². The van der Waals surface area contributed by atoms with Crippen molar-refractivity contribution < 1.29 is 4.92 Å². The third-order valence-electron chi connectivity index (χ3n) is 2.77. The van der Waals surface area contributed by atoms with Crippen LogP contribution >= 0.6 is 27.3 Å². The normalized spacial score (nSPS) is 12.2. The Hall–Kier alpha value is -1.54. The number of nitro groups is 1. The van der Waals surface area contributed by atoms with Gasteiger partial charge < -0.3 is 5.32 Å². The van der Waals surface area contributed by atoms with Crippen molar-refractivity contribution in [3.05, 3.63) is 42.6 Å². The standard InChI is InChI=1S/C12H13BrN4O2S/c1-6-12(20-8(3)15-6)7(2)16-11-9(13)4-14-5-10(11)17(18)19/h4-5,7H,1-3H3,(H,14,16). The van der Waals surface area contributed by atoms with Crippen LogP contribution in [-0.2, 0) is 0 Å². The molecule has 0 aromatic carbocycles. The van der Waals surface area contributed by atoms with Crippen LogP contribution in [0.3, 0.4) is 0 Å². The lowest BCUT2D eigenvalue weighted by Crippen LogP contribution is -2.09. The molecule has 2 aromatic heterocycles. The maximum absolute atomic E-state index is 11.1. The van der Waals surface area contributed by atoms with Gasteiger partial charge in [-0.1, -0.05) is 0 Å². The molecule has 106 valence electrons. The average Bonchev–Trinajstić information content (AvgIpc) is 2.70. The topological polar surface area (TPSA) is 81.0 Å². The summed E-state index contributed by atoms with van der Waals surface area (Å²) in [6.45, 7) is 5.84. The van der Waals surface area contributed by atoms with Gasteiger partial charge in [0.2, 0.25) is 0 Å². The number of pyridine rings is 1. The minimum Gasteiger partial charge on any atom is -0.371 e. The number of thiazole rings is 1. The number of aryl methyl sites for hydroxylation is 2. The smallest absolute Gasteiger partial charge is 0.311 e. The summed E-state index contributed by atoms with van der Waals surface area (Å²) in [7, 11) is 0. The van der Waals surface area contributed by atoms with Crippen LogP contribution in [0.2, 0.25) is 0 Å². The molecule has 1 N–H and O–H groups in total. The molecule has 0 amide bonds. The van der Waals surface area contributed by atoms with Gasteiger partial charge in [-0.05, 0) is 36.7 Å². The predicted molar refractivity (Wildman–Crippen MR) is 82.2 cm³/mol. The Bertz CT molecular complexity index is 659. The maximum atomic E-state index is 11.1. The molecule has 2 aromatic rings. The van der Waals surface area contributed by atoms with E-state index in [4.69, 9.17) is 0 Å². The van der Waals surface area contributed by atoms with E-state index < -0.39 is 4.92 Å². The van der Waals surface area contributed by atoms with Crippen molar-refractivity contribution in [3.63, 3.8) is 0 Å². The second kappa shape index (κ2) is 5.84. The molecule has 0 aliphatic carbocycles. The highest BCUT2D eigenvalue weighted by atomic mass is 79.9. The van der Waals surface area contributed by atoms with Gasteiger partial charge in [0.05, 0.1) is 26.1 Å². The van der Waals surface area contributed by atoms with E-state index >= 15 is 0 Å². The van der Waals surface area contributed by atoms with Crippen LogP contribution in [-0.4, -0.2) is 14.9 Å². The van der Waals surface area contributed by atoms with Crippen LogP contribution in [0.4, 0.5) is 11.4 Å². The first-order valence-electron chi connectivity index (χ1n) is 5.88. The quantitative estimate of drug-likeness (QED) is 0.661. The molecule has 0 fully saturated rings. The zero-order chi connectivity index (χ0) is 14.9. The van der Waals surface area contributed by atoms with Crippen LogP contribution in [0.15, 0.2) is 16.9 Å². The van der Waals surface area contributed by atoms with Crippen LogP contribution in [0, 0.1) is 24.0 Å². The largest absolute Gasteiger partial charge is 0.371 e. The average molecular weight is 357 g/mol. The molecule has 0 saturated carbocycles. The van der Waals surface area contributed by atoms with Crippen molar-refractivity contribution in [2.45, 2.75) is 26.8 Å². The molecule has 1 atom stereocenters. The van der Waals surface area contributed by atoms with Crippen molar-refractivity contribution >= 4 is 38.6 Å². The fourth-order valence-corrected chi connectivity index (χ4v) is 3.30. The Morgan fingerprint density at radius 1 is 1.45 bits per heavy atom. The van der Waals surface area contributed by atoms with Gasteiger partial charge in [0.15, 0.2) is 0 Å². The summed E-state index contributed by atoms with van der Waals surface area (Å²) in [5.41, 5.74) is 1.33. The number of rotatable bonds is 4. The minimum atomic E-state index is -0.447. The minimum absolute atomic E-state index is 0.0508. The van der Waals surface area contributed by atoms with Crippen molar-refractivity contribution in [2.24, 2.45) is 0 Å². The summed E-state index contributed by atoms with van der Waals surface area (Å²) in [6.07, 6.45) is 2.78.